The molecule has 110 valence electrons. The van der Waals surface area contributed by atoms with Crippen LogP contribution in [0.4, 0.5) is 5.69 Å². The van der Waals surface area contributed by atoms with Crippen LogP contribution in [0.15, 0.2) is 18.2 Å². The van der Waals surface area contributed by atoms with E-state index in [0.29, 0.717) is 12.1 Å². The summed E-state index contributed by atoms with van der Waals surface area (Å²) >= 11 is 0. The van der Waals surface area contributed by atoms with E-state index < -0.39 is 10.4 Å². The fourth-order valence-electron chi connectivity index (χ4n) is 1.20. The fourth-order valence-corrected chi connectivity index (χ4v) is 1.44. The second-order valence-corrected chi connectivity index (χ2v) is 4.68. The maximum atomic E-state index is 10.2. The molecule has 0 aliphatic heterocycles. The predicted molar refractivity (Wildman–Crippen MR) is 72.7 cm³/mol. The van der Waals surface area contributed by atoms with Gasteiger partial charge in [0.15, 0.2) is 0 Å². The van der Waals surface area contributed by atoms with Gasteiger partial charge in [-0.05, 0) is 37.5 Å². The number of aliphatic hydroxyl groups is 1. The Hall–Kier alpha value is -1.19. The summed E-state index contributed by atoms with van der Waals surface area (Å²) in [5, 5.41) is 7.57. The Morgan fingerprint density at radius 1 is 1.42 bits per heavy atom. The Kier molecular flexibility index (Phi) is 8.28. The first kappa shape index (κ1) is 17.8. The van der Waals surface area contributed by atoms with E-state index in [4.69, 9.17) is 15.4 Å². The third-order valence-electron chi connectivity index (χ3n) is 2.01. The van der Waals surface area contributed by atoms with Crippen LogP contribution in [-0.4, -0.2) is 31.2 Å². The number of benzene rings is 1. The lowest BCUT2D eigenvalue weighted by Gasteiger charge is -2.05. The largest absolute Gasteiger partial charge is 0.413 e. The van der Waals surface area contributed by atoms with E-state index in [1.54, 1.807) is 13.0 Å². The highest BCUT2D eigenvalue weighted by Gasteiger charge is 2.03. The molecular formula is C11H20N2O5S. The molecule has 0 atom stereocenters. The zero-order valence-corrected chi connectivity index (χ0v) is 11.8. The minimum Gasteiger partial charge on any atom is -0.399 e. The van der Waals surface area contributed by atoms with Gasteiger partial charge in [-0.1, -0.05) is 12.1 Å². The highest BCUT2D eigenvalue weighted by Crippen LogP contribution is 2.12. The number of aryl methyl sites for hydroxylation is 1. The Morgan fingerprint density at radius 3 is 2.47 bits per heavy atom. The van der Waals surface area contributed by atoms with Gasteiger partial charge in [0.2, 0.25) is 0 Å². The van der Waals surface area contributed by atoms with E-state index in [-0.39, 0.29) is 13.2 Å². The minimum atomic E-state index is -4.42. The number of aliphatic hydroxyl groups excluding tert-OH is 1. The highest BCUT2D eigenvalue weighted by atomic mass is 32.3. The van der Waals surface area contributed by atoms with Gasteiger partial charge in [-0.25, -0.2) is 0 Å². The topological polar surface area (TPSA) is 122 Å². The van der Waals surface area contributed by atoms with E-state index in [0.717, 1.165) is 11.1 Å². The van der Waals surface area contributed by atoms with Crippen LogP contribution in [0.1, 0.15) is 18.1 Å². The molecule has 0 fully saturated rings. The van der Waals surface area contributed by atoms with Crippen LogP contribution in [0.25, 0.3) is 0 Å². The maximum Gasteiger partial charge on any atom is 0.413 e. The first-order chi connectivity index (χ1) is 8.80. The molecule has 0 saturated heterocycles. The Bertz CT molecular complexity index is 476. The van der Waals surface area contributed by atoms with Gasteiger partial charge in [0, 0.05) is 18.8 Å². The number of hydroxylamine groups is 1. The second kappa shape index (κ2) is 8.83. The summed E-state index contributed by atoms with van der Waals surface area (Å²) in [6.07, 6.45) is 0.566. The smallest absolute Gasteiger partial charge is 0.399 e. The lowest BCUT2D eigenvalue weighted by Crippen LogP contribution is -2.21. The van der Waals surface area contributed by atoms with Gasteiger partial charge < -0.3 is 10.8 Å². The molecule has 0 bridgehead atoms. The molecule has 1 rings (SSSR count). The summed E-state index contributed by atoms with van der Waals surface area (Å²) in [7, 11) is -4.42. The van der Waals surface area contributed by atoms with Crippen molar-refractivity contribution in [1.82, 2.24) is 5.48 Å². The van der Waals surface area contributed by atoms with Crippen LogP contribution in [0.2, 0.25) is 0 Å². The maximum absolute atomic E-state index is 10.2. The minimum absolute atomic E-state index is 0.250. The van der Waals surface area contributed by atoms with Gasteiger partial charge in [0.1, 0.15) is 0 Å². The van der Waals surface area contributed by atoms with Crippen molar-refractivity contribution in [3.63, 3.8) is 0 Å². The normalized spacial score (nSPS) is 10.7. The standard InChI is InChI=1S/C9H14N2O4S.C2H6O/c1-7-6-8(2-3-9(7)10)4-5-11-15-16(12,13)14;1-2-3/h2-3,6,11H,4-5,10H2,1H3,(H,12,13,14);3H,2H2,1H3. The molecule has 0 saturated carbocycles. The first-order valence-corrected chi connectivity index (χ1v) is 7.01. The average Bonchev–Trinajstić information content (AvgIpc) is 2.29. The molecule has 5 N–H and O–H groups in total. The van der Waals surface area contributed by atoms with E-state index in [2.05, 4.69) is 9.76 Å². The number of nitrogens with two attached hydrogens (primary N) is 1. The third kappa shape index (κ3) is 9.40. The van der Waals surface area contributed by atoms with Gasteiger partial charge in [-0.2, -0.15) is 18.2 Å². The summed E-state index contributed by atoms with van der Waals surface area (Å²) in [5.41, 5.74) is 10.5. The average molecular weight is 292 g/mol. The van der Waals surface area contributed by atoms with Crippen LogP contribution in [0, 0.1) is 6.92 Å². The molecule has 0 unspecified atom stereocenters. The molecule has 8 heteroatoms. The number of hydrogen-bond acceptors (Lipinski definition) is 6. The van der Waals surface area contributed by atoms with Gasteiger partial charge in [0.05, 0.1) is 0 Å². The van der Waals surface area contributed by atoms with Crippen molar-refractivity contribution < 1.29 is 22.4 Å². The molecule has 0 aliphatic carbocycles. The van der Waals surface area contributed by atoms with Crippen molar-refractivity contribution in [1.29, 1.82) is 0 Å². The van der Waals surface area contributed by atoms with E-state index in [9.17, 15) is 8.42 Å². The highest BCUT2D eigenvalue weighted by molar-refractivity contribution is 7.80. The van der Waals surface area contributed by atoms with Crippen LogP contribution in [0.3, 0.4) is 0 Å². The van der Waals surface area contributed by atoms with Crippen molar-refractivity contribution in [2.24, 2.45) is 0 Å². The molecule has 19 heavy (non-hydrogen) atoms. The lowest BCUT2D eigenvalue weighted by atomic mass is 10.1. The SMILES string of the molecule is CCO.Cc1cc(CCNOS(=O)(=O)O)ccc1N. The number of anilines is 1. The summed E-state index contributed by atoms with van der Waals surface area (Å²) in [6, 6.07) is 5.54. The molecule has 0 radical (unpaired) electrons. The van der Waals surface area contributed by atoms with Crippen molar-refractivity contribution in [2.75, 3.05) is 18.9 Å². The van der Waals surface area contributed by atoms with Gasteiger partial charge in [-0.15, -0.1) is 0 Å². The molecule has 0 amide bonds. The number of nitrogen functional groups attached to an aromatic ring is 1. The third-order valence-corrected chi connectivity index (χ3v) is 2.34. The molecule has 0 spiro atoms. The fraction of sp³-hybridized carbons (Fsp3) is 0.455. The van der Waals surface area contributed by atoms with Crippen LogP contribution in [0.5, 0.6) is 0 Å². The zero-order chi connectivity index (χ0) is 14.9. The number of rotatable bonds is 5. The molecule has 0 heterocycles. The Balaban J connectivity index is 0.000000982. The molecule has 7 nitrogen and oxygen atoms in total. The van der Waals surface area contributed by atoms with E-state index >= 15 is 0 Å². The van der Waals surface area contributed by atoms with Crippen molar-refractivity contribution >= 4 is 16.1 Å². The van der Waals surface area contributed by atoms with Crippen molar-refractivity contribution in [3.05, 3.63) is 29.3 Å². The zero-order valence-electron chi connectivity index (χ0n) is 11.0. The van der Waals surface area contributed by atoms with Gasteiger partial charge in [-0.3, -0.25) is 4.55 Å². The van der Waals surface area contributed by atoms with Gasteiger partial charge in [0.25, 0.3) is 0 Å². The van der Waals surface area contributed by atoms with E-state index in [1.165, 1.54) is 0 Å². The second-order valence-electron chi connectivity index (χ2n) is 3.66. The quantitative estimate of drug-likeness (QED) is 0.269. The molecule has 1 aromatic rings. The molecular weight excluding hydrogens is 272 g/mol. The number of hydrogen-bond donors (Lipinski definition) is 4. The predicted octanol–water partition coefficient (Wildman–Crippen LogP) is 0.442. The van der Waals surface area contributed by atoms with Crippen LogP contribution >= 0.6 is 0 Å². The monoisotopic (exact) mass is 292 g/mol. The van der Waals surface area contributed by atoms with Gasteiger partial charge >= 0.3 is 10.4 Å². The molecule has 0 aliphatic rings. The molecule has 0 aromatic heterocycles. The Morgan fingerprint density at radius 2 is 2.00 bits per heavy atom. The lowest BCUT2D eigenvalue weighted by molar-refractivity contribution is 0.176. The van der Waals surface area contributed by atoms with Crippen LogP contribution in [-0.2, 0) is 21.1 Å². The summed E-state index contributed by atoms with van der Waals surface area (Å²) in [6.45, 7) is 4.09. The summed E-state index contributed by atoms with van der Waals surface area (Å²) in [4.78, 5) is 0. The molecule has 1 aromatic carbocycles. The summed E-state index contributed by atoms with van der Waals surface area (Å²) in [5.74, 6) is 0. The Labute approximate surface area is 113 Å². The summed E-state index contributed by atoms with van der Waals surface area (Å²) < 4.78 is 32.6. The van der Waals surface area contributed by atoms with Crippen molar-refractivity contribution in [3.8, 4) is 0 Å². The van der Waals surface area contributed by atoms with Crippen LogP contribution < -0.4 is 11.2 Å². The first-order valence-electron chi connectivity index (χ1n) is 5.64. The number of nitrogens with one attached hydrogen (secondary N) is 1. The van der Waals surface area contributed by atoms with E-state index in [1.807, 2.05) is 19.1 Å². The van der Waals surface area contributed by atoms with Crippen molar-refractivity contribution in [2.45, 2.75) is 20.3 Å².